The minimum atomic E-state index is -0.500. The number of carbonyl (C=O) groups is 1. The zero-order valence-electron chi connectivity index (χ0n) is 15.2. The summed E-state index contributed by atoms with van der Waals surface area (Å²) >= 11 is 0. The minimum absolute atomic E-state index is 0.419. The molecule has 1 aromatic heterocycles. The van der Waals surface area contributed by atoms with Gasteiger partial charge in [0.2, 0.25) is 0 Å². The summed E-state index contributed by atoms with van der Waals surface area (Å²) in [6, 6.07) is 6.56. The molecular formula is C19H27N3O2. The van der Waals surface area contributed by atoms with Crippen LogP contribution in [0.2, 0.25) is 0 Å². The number of H-pyrrole nitrogens is 1. The average Bonchev–Trinajstić information content (AvgIpc) is 2.82. The van der Waals surface area contributed by atoms with E-state index in [-0.39, 0.29) is 0 Å². The van der Waals surface area contributed by atoms with Gasteiger partial charge in [0.05, 0.1) is 0 Å². The van der Waals surface area contributed by atoms with Crippen LogP contribution in [0.15, 0.2) is 18.2 Å². The number of fused-ring (bicyclic) bond motifs is 3. The maximum atomic E-state index is 12.0. The number of anilines is 1. The first kappa shape index (κ1) is 16.8. The van der Waals surface area contributed by atoms with Gasteiger partial charge in [-0.15, -0.1) is 0 Å². The monoisotopic (exact) mass is 329 g/mol. The number of aromatic amines is 1. The van der Waals surface area contributed by atoms with E-state index in [1.165, 1.54) is 23.1 Å². The third-order valence-electron chi connectivity index (χ3n) is 4.54. The van der Waals surface area contributed by atoms with Crippen molar-refractivity contribution in [2.75, 3.05) is 19.4 Å². The molecule has 0 saturated heterocycles. The number of hydrogen-bond donors (Lipinski definition) is 2. The lowest BCUT2D eigenvalue weighted by atomic mass is 9.91. The highest BCUT2D eigenvalue weighted by atomic mass is 16.6. The van der Waals surface area contributed by atoms with Crippen LogP contribution in [0.25, 0.3) is 10.9 Å². The Hall–Kier alpha value is -2.01. The Bertz CT molecular complexity index is 756. The molecule has 1 unspecified atom stereocenters. The van der Waals surface area contributed by atoms with Gasteiger partial charge in [0.25, 0.3) is 0 Å². The van der Waals surface area contributed by atoms with Crippen molar-refractivity contribution in [3.8, 4) is 0 Å². The van der Waals surface area contributed by atoms with Gasteiger partial charge in [-0.1, -0.05) is 0 Å². The Morgan fingerprint density at radius 3 is 2.75 bits per heavy atom. The molecule has 0 radical (unpaired) electrons. The van der Waals surface area contributed by atoms with E-state index in [4.69, 9.17) is 4.74 Å². The Morgan fingerprint density at radius 2 is 2.08 bits per heavy atom. The maximum absolute atomic E-state index is 12.0. The molecule has 0 saturated carbocycles. The van der Waals surface area contributed by atoms with Crippen LogP contribution in [0, 0.1) is 0 Å². The number of amides is 1. The molecule has 130 valence electrons. The third-order valence-corrected chi connectivity index (χ3v) is 4.54. The smallest absolute Gasteiger partial charge is 0.412 e. The normalized spacial score (nSPS) is 17.8. The van der Waals surface area contributed by atoms with Crippen molar-refractivity contribution < 1.29 is 9.53 Å². The van der Waals surface area contributed by atoms with Crippen LogP contribution in [-0.4, -0.2) is 41.7 Å². The molecule has 1 aliphatic carbocycles. The van der Waals surface area contributed by atoms with Gasteiger partial charge in [-0.3, -0.25) is 5.32 Å². The Balaban J connectivity index is 1.86. The van der Waals surface area contributed by atoms with Crippen molar-refractivity contribution in [3.63, 3.8) is 0 Å². The van der Waals surface area contributed by atoms with Crippen LogP contribution in [0.3, 0.4) is 0 Å². The van der Waals surface area contributed by atoms with Gasteiger partial charge < -0.3 is 14.6 Å². The molecule has 24 heavy (non-hydrogen) atoms. The highest BCUT2D eigenvalue weighted by Gasteiger charge is 2.24. The largest absolute Gasteiger partial charge is 0.444 e. The summed E-state index contributed by atoms with van der Waals surface area (Å²) < 4.78 is 5.33. The Morgan fingerprint density at radius 1 is 1.33 bits per heavy atom. The molecule has 0 fully saturated rings. The number of nitrogens with zero attached hydrogens (tertiary/aromatic N) is 1. The van der Waals surface area contributed by atoms with E-state index >= 15 is 0 Å². The summed E-state index contributed by atoms with van der Waals surface area (Å²) in [6.07, 6.45) is 2.87. The molecule has 5 heteroatoms. The quantitative estimate of drug-likeness (QED) is 0.877. The van der Waals surface area contributed by atoms with E-state index in [0.29, 0.717) is 6.04 Å². The summed E-state index contributed by atoms with van der Waals surface area (Å²) in [5.41, 5.74) is 4.11. The molecule has 1 amide bonds. The zero-order valence-corrected chi connectivity index (χ0v) is 15.2. The molecule has 3 rings (SSSR count). The molecule has 1 atom stereocenters. The van der Waals surface area contributed by atoms with Crippen molar-refractivity contribution in [1.82, 2.24) is 9.88 Å². The molecule has 0 aliphatic heterocycles. The molecule has 2 N–H and O–H groups in total. The number of benzene rings is 1. The minimum Gasteiger partial charge on any atom is -0.444 e. The lowest BCUT2D eigenvalue weighted by Gasteiger charge is -2.28. The van der Waals surface area contributed by atoms with E-state index in [9.17, 15) is 4.79 Å². The summed E-state index contributed by atoms with van der Waals surface area (Å²) in [4.78, 5) is 17.8. The molecule has 2 aromatic rings. The fourth-order valence-corrected chi connectivity index (χ4v) is 3.34. The first-order chi connectivity index (χ1) is 11.2. The van der Waals surface area contributed by atoms with Crippen LogP contribution < -0.4 is 5.32 Å². The summed E-state index contributed by atoms with van der Waals surface area (Å²) in [5.74, 6) is 0. The van der Waals surface area contributed by atoms with E-state index in [1.807, 2.05) is 39.0 Å². The lowest BCUT2D eigenvalue weighted by Crippen LogP contribution is -2.33. The van der Waals surface area contributed by atoms with Crippen molar-refractivity contribution in [3.05, 3.63) is 29.5 Å². The number of nitrogens with one attached hydrogen (secondary N) is 2. The van der Waals surface area contributed by atoms with E-state index in [0.717, 1.165) is 24.0 Å². The van der Waals surface area contributed by atoms with Crippen molar-refractivity contribution in [2.24, 2.45) is 0 Å². The van der Waals surface area contributed by atoms with E-state index in [1.54, 1.807) is 0 Å². The number of carbonyl (C=O) groups excluding carboxylic acids is 1. The third kappa shape index (κ3) is 3.56. The Labute approximate surface area is 143 Å². The van der Waals surface area contributed by atoms with Crippen molar-refractivity contribution in [2.45, 2.75) is 51.7 Å². The van der Waals surface area contributed by atoms with Crippen LogP contribution in [0.1, 0.15) is 38.4 Å². The van der Waals surface area contributed by atoms with Gasteiger partial charge in [-0.05, 0) is 77.9 Å². The number of ether oxygens (including phenoxy) is 1. The maximum Gasteiger partial charge on any atom is 0.412 e. The average molecular weight is 329 g/mol. The molecule has 0 spiro atoms. The number of hydrogen-bond acceptors (Lipinski definition) is 3. The first-order valence-corrected chi connectivity index (χ1v) is 8.53. The first-order valence-electron chi connectivity index (χ1n) is 8.53. The van der Waals surface area contributed by atoms with Gasteiger partial charge in [-0.25, -0.2) is 4.79 Å². The van der Waals surface area contributed by atoms with Gasteiger partial charge in [-0.2, -0.15) is 0 Å². The van der Waals surface area contributed by atoms with E-state index < -0.39 is 11.7 Å². The van der Waals surface area contributed by atoms with Crippen molar-refractivity contribution >= 4 is 22.7 Å². The van der Waals surface area contributed by atoms with Crippen LogP contribution in [0.4, 0.5) is 10.5 Å². The summed E-state index contributed by atoms with van der Waals surface area (Å²) in [5, 5.41) is 4.03. The molecular weight excluding hydrogens is 302 g/mol. The number of aromatic nitrogens is 1. The summed E-state index contributed by atoms with van der Waals surface area (Å²) in [7, 11) is 4.28. The SMILES string of the molecule is CN(C)C1CCc2[nH]c3ccc(NC(=O)OC(C)(C)C)cc3c2C1. The number of likely N-dealkylation sites (N-methyl/N-ethyl adjacent to an activating group) is 1. The highest BCUT2D eigenvalue weighted by Crippen LogP contribution is 2.32. The van der Waals surface area contributed by atoms with Gasteiger partial charge in [0, 0.05) is 28.3 Å². The molecule has 1 aromatic carbocycles. The standard InChI is InChI=1S/C19H27N3O2/c1-19(2,3)24-18(23)20-12-6-8-16-14(10-12)15-11-13(22(4)5)7-9-17(15)21-16/h6,8,10,13,21H,7,9,11H2,1-5H3,(H,20,23). The Kier molecular flexibility index (Phi) is 4.30. The van der Waals surface area contributed by atoms with Crippen LogP contribution in [-0.2, 0) is 17.6 Å². The fraction of sp³-hybridized carbons (Fsp3) is 0.526. The topological polar surface area (TPSA) is 57.4 Å². The van der Waals surface area contributed by atoms with Gasteiger partial charge in [0.1, 0.15) is 5.60 Å². The highest BCUT2D eigenvalue weighted by molar-refractivity contribution is 5.92. The van der Waals surface area contributed by atoms with Gasteiger partial charge >= 0.3 is 6.09 Å². The summed E-state index contributed by atoms with van der Waals surface area (Å²) in [6.45, 7) is 5.58. The van der Waals surface area contributed by atoms with E-state index in [2.05, 4.69) is 29.3 Å². The fourth-order valence-electron chi connectivity index (χ4n) is 3.34. The second kappa shape index (κ2) is 6.13. The predicted octanol–water partition coefficient (Wildman–Crippen LogP) is 3.93. The number of rotatable bonds is 2. The molecule has 5 nitrogen and oxygen atoms in total. The second-order valence-electron chi connectivity index (χ2n) is 7.83. The van der Waals surface area contributed by atoms with Gasteiger partial charge in [0.15, 0.2) is 0 Å². The molecule has 1 heterocycles. The van der Waals surface area contributed by atoms with Crippen LogP contribution >= 0.6 is 0 Å². The molecule has 1 aliphatic rings. The zero-order chi connectivity index (χ0) is 17.5. The van der Waals surface area contributed by atoms with Crippen molar-refractivity contribution in [1.29, 1.82) is 0 Å². The van der Waals surface area contributed by atoms with Crippen LogP contribution in [0.5, 0.6) is 0 Å². The second-order valence-corrected chi connectivity index (χ2v) is 7.83. The lowest BCUT2D eigenvalue weighted by molar-refractivity contribution is 0.0636. The predicted molar refractivity (Wildman–Crippen MR) is 97.7 cm³/mol. The number of aryl methyl sites for hydroxylation is 1. The molecule has 0 bridgehead atoms.